The molecule has 1 aliphatic carbocycles. The van der Waals surface area contributed by atoms with E-state index in [0.717, 1.165) is 29.1 Å². The zero-order chi connectivity index (χ0) is 24.1. The number of hydrogen-bond acceptors (Lipinski definition) is 4. The topological polar surface area (TPSA) is 80.6 Å². The van der Waals surface area contributed by atoms with Gasteiger partial charge in [0.1, 0.15) is 18.1 Å². The molecule has 1 aromatic heterocycles. The monoisotopic (exact) mass is 460 g/mol. The average Bonchev–Trinajstić information content (AvgIpc) is 3.37. The van der Waals surface area contributed by atoms with Crippen LogP contribution < -0.4 is 10.6 Å². The van der Waals surface area contributed by atoms with Gasteiger partial charge >= 0.3 is 6.09 Å². The molecule has 178 valence electrons. The zero-order valence-corrected chi connectivity index (χ0v) is 19.9. The van der Waals surface area contributed by atoms with Crippen LogP contribution in [-0.2, 0) is 22.7 Å². The molecule has 0 unspecified atom stereocenters. The summed E-state index contributed by atoms with van der Waals surface area (Å²) in [5.74, 6) is 1.48. The van der Waals surface area contributed by atoms with Crippen LogP contribution in [0.1, 0.15) is 49.0 Å². The van der Waals surface area contributed by atoms with Gasteiger partial charge in [0, 0.05) is 5.92 Å². The summed E-state index contributed by atoms with van der Waals surface area (Å²) in [6.45, 7) is 6.54. The highest BCUT2D eigenvalue weighted by atomic mass is 16.5. The Morgan fingerprint density at radius 1 is 1.06 bits per heavy atom. The number of aryl methyl sites for hydroxylation is 1. The summed E-state index contributed by atoms with van der Waals surface area (Å²) in [4.78, 5) is 25.6. The molecule has 1 saturated carbocycles. The molecule has 0 spiro atoms. The molecule has 2 amide bonds. The summed E-state index contributed by atoms with van der Waals surface area (Å²) in [5.41, 5.74) is 1.68. The highest BCUT2D eigenvalue weighted by Gasteiger charge is 2.59. The lowest BCUT2D eigenvalue weighted by Crippen LogP contribution is -2.37. The van der Waals surface area contributed by atoms with E-state index in [0.29, 0.717) is 6.54 Å². The van der Waals surface area contributed by atoms with Crippen LogP contribution in [0.25, 0.3) is 0 Å². The first-order chi connectivity index (χ1) is 16.4. The van der Waals surface area contributed by atoms with Crippen LogP contribution in [0.4, 0.5) is 4.79 Å². The van der Waals surface area contributed by atoms with E-state index < -0.39 is 6.09 Å². The third kappa shape index (κ3) is 5.50. The average molecular weight is 461 g/mol. The smallest absolute Gasteiger partial charge is 0.407 e. The largest absolute Gasteiger partial charge is 0.465 e. The first-order valence-corrected chi connectivity index (χ1v) is 11.7. The van der Waals surface area contributed by atoms with E-state index in [2.05, 4.69) is 17.6 Å². The van der Waals surface area contributed by atoms with Gasteiger partial charge in [-0.2, -0.15) is 0 Å². The van der Waals surface area contributed by atoms with E-state index in [-0.39, 0.29) is 35.8 Å². The molecule has 34 heavy (non-hydrogen) atoms. The summed E-state index contributed by atoms with van der Waals surface area (Å²) in [7, 11) is 0. The maximum Gasteiger partial charge on any atom is 0.407 e. The fourth-order valence-corrected chi connectivity index (χ4v) is 4.75. The maximum absolute atomic E-state index is 12.9. The SMILES string of the molecule is Cc1ccc(CNC(=O)[C@H](C)[C@@H]2C[C@@]2(C)[C@@H](NC(=O)OCc2ccccc2)c2ccccc2)o1. The van der Waals surface area contributed by atoms with Crippen molar-refractivity contribution in [1.82, 2.24) is 10.6 Å². The minimum atomic E-state index is -0.463. The van der Waals surface area contributed by atoms with Crippen molar-refractivity contribution >= 4 is 12.0 Å². The summed E-state index contributed by atoms with van der Waals surface area (Å²) in [6.07, 6.45) is 0.370. The van der Waals surface area contributed by atoms with Crippen molar-refractivity contribution in [3.8, 4) is 0 Å². The van der Waals surface area contributed by atoms with Gasteiger partial charge in [0.05, 0.1) is 12.6 Å². The Kier molecular flexibility index (Phi) is 7.06. The molecular weight excluding hydrogens is 428 g/mol. The maximum atomic E-state index is 12.9. The van der Waals surface area contributed by atoms with Gasteiger partial charge in [-0.1, -0.05) is 74.5 Å². The minimum Gasteiger partial charge on any atom is -0.465 e. The quantitative estimate of drug-likeness (QED) is 0.440. The molecule has 4 atom stereocenters. The first kappa shape index (κ1) is 23.6. The van der Waals surface area contributed by atoms with Crippen molar-refractivity contribution < 1.29 is 18.7 Å². The predicted molar refractivity (Wildman–Crippen MR) is 130 cm³/mol. The summed E-state index contributed by atoms with van der Waals surface area (Å²) in [5, 5.41) is 6.07. The molecular formula is C28H32N2O4. The molecule has 1 fully saturated rings. The van der Waals surface area contributed by atoms with Crippen molar-refractivity contribution in [2.24, 2.45) is 17.3 Å². The third-order valence-corrected chi connectivity index (χ3v) is 6.86. The molecule has 0 saturated heterocycles. The number of furan rings is 1. The number of alkyl carbamates (subject to hydrolysis) is 1. The van der Waals surface area contributed by atoms with Gasteiger partial charge < -0.3 is 19.8 Å². The van der Waals surface area contributed by atoms with E-state index in [4.69, 9.17) is 9.15 Å². The number of carbonyl (C=O) groups is 2. The molecule has 0 radical (unpaired) electrons. The number of amides is 2. The molecule has 4 rings (SSSR count). The van der Waals surface area contributed by atoms with Crippen molar-refractivity contribution in [2.75, 3.05) is 0 Å². The molecule has 2 aromatic carbocycles. The van der Waals surface area contributed by atoms with Crippen molar-refractivity contribution in [1.29, 1.82) is 0 Å². The Balaban J connectivity index is 1.40. The first-order valence-electron chi connectivity index (χ1n) is 11.7. The Labute approximate surface area is 200 Å². The Hall–Kier alpha value is -3.54. The van der Waals surface area contributed by atoms with E-state index in [1.165, 1.54) is 0 Å². The lowest BCUT2D eigenvalue weighted by atomic mass is 9.86. The third-order valence-electron chi connectivity index (χ3n) is 6.86. The highest BCUT2D eigenvalue weighted by Crippen LogP contribution is 2.63. The van der Waals surface area contributed by atoms with Gasteiger partial charge in [-0.15, -0.1) is 0 Å². The van der Waals surface area contributed by atoms with Gasteiger partial charge in [-0.25, -0.2) is 4.79 Å². The second-order valence-electron chi connectivity index (χ2n) is 9.39. The van der Waals surface area contributed by atoms with E-state index in [1.807, 2.05) is 86.6 Å². The van der Waals surface area contributed by atoms with Crippen LogP contribution in [0, 0.1) is 24.2 Å². The minimum absolute atomic E-state index is 0.0127. The second-order valence-corrected chi connectivity index (χ2v) is 9.39. The molecule has 1 aliphatic rings. The normalized spacial score (nSPS) is 20.7. The van der Waals surface area contributed by atoms with E-state index in [1.54, 1.807) is 0 Å². The number of hydrogen-bond donors (Lipinski definition) is 2. The number of benzene rings is 2. The van der Waals surface area contributed by atoms with E-state index >= 15 is 0 Å². The van der Waals surface area contributed by atoms with Crippen molar-refractivity contribution in [3.63, 3.8) is 0 Å². The summed E-state index contributed by atoms with van der Waals surface area (Å²) >= 11 is 0. The lowest BCUT2D eigenvalue weighted by molar-refractivity contribution is -0.125. The van der Waals surface area contributed by atoms with Crippen LogP contribution >= 0.6 is 0 Å². The molecule has 0 aliphatic heterocycles. The van der Waals surface area contributed by atoms with Crippen molar-refractivity contribution in [3.05, 3.63) is 95.4 Å². The van der Waals surface area contributed by atoms with Gasteiger partial charge in [0.15, 0.2) is 0 Å². The molecule has 3 aromatic rings. The molecule has 1 heterocycles. The van der Waals surface area contributed by atoms with Crippen molar-refractivity contribution in [2.45, 2.75) is 46.4 Å². The number of ether oxygens (including phenoxy) is 1. The second kappa shape index (κ2) is 10.2. The molecule has 6 heteroatoms. The summed E-state index contributed by atoms with van der Waals surface area (Å²) in [6, 6.07) is 23.0. The standard InChI is InChI=1S/C28H32N2O4/c1-19-14-15-23(34-19)17-29-26(31)20(2)24-16-28(24,3)25(22-12-8-5-9-13-22)30-27(32)33-18-21-10-6-4-7-11-21/h4-15,20,24-25H,16-18H2,1-3H3,(H,29,31)(H,30,32)/t20-,24+,25+,28-/m1/s1. The Morgan fingerprint density at radius 3 is 2.38 bits per heavy atom. The van der Waals surface area contributed by atoms with E-state index in [9.17, 15) is 9.59 Å². The number of carbonyl (C=O) groups excluding carboxylic acids is 2. The lowest BCUT2D eigenvalue weighted by Gasteiger charge is -2.28. The molecule has 2 N–H and O–H groups in total. The highest BCUT2D eigenvalue weighted by molar-refractivity contribution is 5.79. The number of nitrogens with one attached hydrogen (secondary N) is 2. The Morgan fingerprint density at radius 2 is 1.74 bits per heavy atom. The fraction of sp³-hybridized carbons (Fsp3) is 0.357. The zero-order valence-electron chi connectivity index (χ0n) is 19.9. The van der Waals surface area contributed by atoms with Crippen LogP contribution in [0.2, 0.25) is 0 Å². The number of rotatable bonds is 9. The van der Waals surface area contributed by atoms with Gasteiger partial charge in [0.25, 0.3) is 0 Å². The van der Waals surface area contributed by atoms with Gasteiger partial charge in [-0.05, 0) is 47.9 Å². The summed E-state index contributed by atoms with van der Waals surface area (Å²) < 4.78 is 11.0. The van der Waals surface area contributed by atoms with Crippen LogP contribution in [-0.4, -0.2) is 12.0 Å². The molecule has 0 bridgehead atoms. The van der Waals surface area contributed by atoms with Gasteiger partial charge in [-0.3, -0.25) is 4.79 Å². The van der Waals surface area contributed by atoms with Crippen LogP contribution in [0.5, 0.6) is 0 Å². The molecule has 6 nitrogen and oxygen atoms in total. The van der Waals surface area contributed by atoms with Crippen LogP contribution in [0.15, 0.2) is 77.2 Å². The predicted octanol–water partition coefficient (Wildman–Crippen LogP) is 5.53. The Bertz CT molecular complexity index is 1110. The van der Waals surface area contributed by atoms with Gasteiger partial charge in [0.2, 0.25) is 5.91 Å². The van der Waals surface area contributed by atoms with Crippen LogP contribution in [0.3, 0.4) is 0 Å². The fourth-order valence-electron chi connectivity index (χ4n) is 4.75.